The predicted molar refractivity (Wildman–Crippen MR) is 91.9 cm³/mol. The number of hydrogen-bond acceptors (Lipinski definition) is 3. The SMILES string of the molecule is CCC1CN(C)CCCN1S(=O)(=O)c1cc(Br)ccc1Br. The van der Waals surface area contributed by atoms with Crippen molar-refractivity contribution in [3.63, 3.8) is 0 Å². The lowest BCUT2D eigenvalue weighted by Crippen LogP contribution is -2.43. The lowest BCUT2D eigenvalue weighted by Gasteiger charge is -2.29. The number of nitrogens with zero attached hydrogens (tertiary/aromatic N) is 2. The van der Waals surface area contributed by atoms with Crippen LogP contribution in [-0.4, -0.2) is 50.3 Å². The lowest BCUT2D eigenvalue weighted by atomic mass is 10.2. The highest BCUT2D eigenvalue weighted by Crippen LogP contribution is 2.30. The van der Waals surface area contributed by atoms with Gasteiger partial charge in [-0.05, 0) is 60.6 Å². The Morgan fingerprint density at radius 2 is 2.00 bits per heavy atom. The van der Waals surface area contributed by atoms with Crippen LogP contribution in [0.4, 0.5) is 0 Å². The molecule has 0 N–H and O–H groups in total. The number of benzene rings is 1. The molecule has 1 saturated heterocycles. The van der Waals surface area contributed by atoms with Gasteiger partial charge in [0.1, 0.15) is 0 Å². The van der Waals surface area contributed by atoms with Crippen LogP contribution < -0.4 is 0 Å². The van der Waals surface area contributed by atoms with Crippen LogP contribution in [0.1, 0.15) is 19.8 Å². The molecule has 1 heterocycles. The van der Waals surface area contributed by atoms with E-state index in [1.54, 1.807) is 16.4 Å². The van der Waals surface area contributed by atoms with Gasteiger partial charge in [0.2, 0.25) is 10.0 Å². The van der Waals surface area contributed by atoms with Crippen LogP contribution in [-0.2, 0) is 10.0 Å². The van der Waals surface area contributed by atoms with Crippen molar-refractivity contribution in [2.24, 2.45) is 0 Å². The number of likely N-dealkylation sites (N-methyl/N-ethyl adjacent to an activating group) is 1. The Morgan fingerprint density at radius 1 is 1.29 bits per heavy atom. The van der Waals surface area contributed by atoms with E-state index in [1.165, 1.54) is 0 Å². The maximum absolute atomic E-state index is 13.0. The summed E-state index contributed by atoms with van der Waals surface area (Å²) in [5, 5.41) is 0. The Kier molecular flexibility index (Phi) is 5.87. The van der Waals surface area contributed by atoms with Crippen LogP contribution in [0.2, 0.25) is 0 Å². The second kappa shape index (κ2) is 7.08. The third kappa shape index (κ3) is 3.88. The first-order valence-corrected chi connectivity index (χ1v) is 10.0. The normalized spacial score (nSPS) is 22.2. The van der Waals surface area contributed by atoms with Crippen LogP contribution >= 0.6 is 31.9 Å². The molecule has 0 amide bonds. The average Bonchev–Trinajstić information content (AvgIpc) is 2.63. The summed E-state index contributed by atoms with van der Waals surface area (Å²) in [5.41, 5.74) is 0. The van der Waals surface area contributed by atoms with Crippen molar-refractivity contribution < 1.29 is 8.42 Å². The van der Waals surface area contributed by atoms with E-state index in [9.17, 15) is 8.42 Å². The van der Waals surface area contributed by atoms with Crippen molar-refractivity contribution in [1.29, 1.82) is 0 Å². The van der Waals surface area contributed by atoms with Gasteiger partial charge in [-0.2, -0.15) is 4.31 Å². The number of sulfonamides is 1. The van der Waals surface area contributed by atoms with Gasteiger partial charge in [-0.1, -0.05) is 22.9 Å². The van der Waals surface area contributed by atoms with Gasteiger partial charge in [0.15, 0.2) is 0 Å². The minimum absolute atomic E-state index is 0.0216. The lowest BCUT2D eigenvalue weighted by molar-refractivity contribution is 0.270. The molecular weight excluding hydrogens is 420 g/mol. The summed E-state index contributed by atoms with van der Waals surface area (Å²) in [6.45, 7) is 4.33. The summed E-state index contributed by atoms with van der Waals surface area (Å²) in [4.78, 5) is 2.54. The molecule has 1 aromatic rings. The zero-order valence-corrected chi connectivity index (χ0v) is 16.2. The fraction of sp³-hybridized carbons (Fsp3) is 0.571. The first-order valence-electron chi connectivity index (χ1n) is 7.01. The van der Waals surface area contributed by atoms with Crippen molar-refractivity contribution in [2.75, 3.05) is 26.7 Å². The first-order chi connectivity index (χ1) is 9.86. The van der Waals surface area contributed by atoms with Gasteiger partial charge in [0, 0.05) is 28.1 Å². The molecular formula is C14H20Br2N2O2S. The summed E-state index contributed by atoms with van der Waals surface area (Å²) >= 11 is 6.73. The van der Waals surface area contributed by atoms with Crippen molar-refractivity contribution >= 4 is 41.9 Å². The maximum Gasteiger partial charge on any atom is 0.244 e. The molecule has 1 aliphatic rings. The summed E-state index contributed by atoms with van der Waals surface area (Å²) in [6, 6.07) is 5.28. The number of halogens is 2. The molecule has 1 aliphatic heterocycles. The molecule has 7 heteroatoms. The van der Waals surface area contributed by atoms with E-state index >= 15 is 0 Å². The van der Waals surface area contributed by atoms with Gasteiger partial charge >= 0.3 is 0 Å². The maximum atomic E-state index is 13.0. The Hall–Kier alpha value is 0.0500. The monoisotopic (exact) mass is 438 g/mol. The van der Waals surface area contributed by atoms with Crippen LogP contribution in [0.25, 0.3) is 0 Å². The minimum atomic E-state index is -3.49. The second-order valence-corrected chi connectivity index (χ2v) is 9.00. The molecule has 118 valence electrons. The fourth-order valence-corrected chi connectivity index (χ4v) is 5.87. The minimum Gasteiger partial charge on any atom is -0.305 e. The molecule has 2 rings (SSSR count). The Bertz CT molecular complexity index is 607. The molecule has 4 nitrogen and oxygen atoms in total. The van der Waals surface area contributed by atoms with E-state index < -0.39 is 10.0 Å². The van der Waals surface area contributed by atoms with Gasteiger partial charge in [-0.15, -0.1) is 0 Å². The van der Waals surface area contributed by atoms with Gasteiger partial charge in [0.25, 0.3) is 0 Å². The molecule has 1 fully saturated rings. The molecule has 0 radical (unpaired) electrons. The average molecular weight is 440 g/mol. The van der Waals surface area contributed by atoms with Crippen LogP contribution in [0.3, 0.4) is 0 Å². The van der Waals surface area contributed by atoms with E-state index in [0.29, 0.717) is 15.9 Å². The highest BCUT2D eigenvalue weighted by molar-refractivity contribution is 9.11. The van der Waals surface area contributed by atoms with Gasteiger partial charge in [-0.25, -0.2) is 8.42 Å². The number of hydrogen-bond donors (Lipinski definition) is 0. The topological polar surface area (TPSA) is 40.6 Å². The molecule has 0 aliphatic carbocycles. The molecule has 1 atom stereocenters. The van der Waals surface area contributed by atoms with Crippen molar-refractivity contribution in [2.45, 2.75) is 30.7 Å². The predicted octanol–water partition coefficient (Wildman–Crippen LogP) is 3.32. The highest BCUT2D eigenvalue weighted by Gasteiger charge is 2.33. The van der Waals surface area contributed by atoms with Crippen molar-refractivity contribution in [3.05, 3.63) is 27.1 Å². The molecule has 0 spiro atoms. The summed E-state index contributed by atoms with van der Waals surface area (Å²) in [5.74, 6) is 0. The summed E-state index contributed by atoms with van der Waals surface area (Å²) in [7, 11) is -1.44. The van der Waals surface area contributed by atoms with E-state index in [1.807, 2.05) is 20.0 Å². The smallest absolute Gasteiger partial charge is 0.244 e. The Balaban J connectivity index is 2.43. The second-order valence-electron chi connectivity index (χ2n) is 5.37. The van der Waals surface area contributed by atoms with E-state index in [2.05, 4.69) is 36.8 Å². The molecule has 1 unspecified atom stereocenters. The highest BCUT2D eigenvalue weighted by atomic mass is 79.9. The van der Waals surface area contributed by atoms with Gasteiger partial charge < -0.3 is 4.90 Å². The van der Waals surface area contributed by atoms with E-state index in [4.69, 9.17) is 0 Å². The zero-order chi connectivity index (χ0) is 15.6. The van der Waals surface area contributed by atoms with Crippen molar-refractivity contribution in [1.82, 2.24) is 9.21 Å². The Labute approximate surface area is 143 Å². The Morgan fingerprint density at radius 3 is 2.67 bits per heavy atom. The van der Waals surface area contributed by atoms with Crippen molar-refractivity contribution in [3.8, 4) is 0 Å². The van der Waals surface area contributed by atoms with Crippen LogP contribution in [0, 0.1) is 0 Å². The van der Waals surface area contributed by atoms with Gasteiger partial charge in [-0.3, -0.25) is 0 Å². The van der Waals surface area contributed by atoms with E-state index in [0.717, 1.165) is 30.4 Å². The number of rotatable bonds is 3. The third-order valence-corrected chi connectivity index (χ3v) is 7.24. The fourth-order valence-electron chi connectivity index (χ4n) is 2.67. The summed E-state index contributed by atoms with van der Waals surface area (Å²) < 4.78 is 29.1. The molecule has 1 aromatic carbocycles. The summed E-state index contributed by atoms with van der Waals surface area (Å²) in [6.07, 6.45) is 1.67. The first kappa shape index (κ1) is 17.4. The van der Waals surface area contributed by atoms with E-state index in [-0.39, 0.29) is 6.04 Å². The molecule has 0 aromatic heterocycles. The molecule has 21 heavy (non-hydrogen) atoms. The van der Waals surface area contributed by atoms with Gasteiger partial charge in [0.05, 0.1) is 4.90 Å². The third-order valence-electron chi connectivity index (χ3n) is 3.80. The largest absolute Gasteiger partial charge is 0.305 e. The standard InChI is InChI=1S/C14H20Br2N2O2S/c1-3-12-10-17(2)7-4-8-18(12)21(19,20)14-9-11(15)5-6-13(14)16/h5-6,9,12H,3-4,7-8,10H2,1-2H3. The quantitative estimate of drug-likeness (QED) is 0.725. The molecule has 0 bridgehead atoms. The zero-order valence-electron chi connectivity index (χ0n) is 12.2. The van der Waals surface area contributed by atoms with Crippen LogP contribution in [0.15, 0.2) is 32.0 Å². The van der Waals surface area contributed by atoms with Crippen LogP contribution in [0.5, 0.6) is 0 Å². The molecule has 0 saturated carbocycles.